The van der Waals surface area contributed by atoms with Crippen LogP contribution in [0.15, 0.2) is 43.0 Å². The third-order valence-electron chi connectivity index (χ3n) is 3.01. The minimum Gasteiger partial charge on any atom is -1.00 e. The molecule has 0 radical (unpaired) electrons. The summed E-state index contributed by atoms with van der Waals surface area (Å²) in [6.45, 7) is 7.10. The Hall–Kier alpha value is -0.600. The number of quaternary nitrogens is 1. The molecular weight excluding hydrogens is 262 g/mol. The first kappa shape index (κ1) is 15.4. The second-order valence-electron chi connectivity index (χ2n) is 4.58. The molecule has 0 aliphatic rings. The lowest BCUT2D eigenvalue weighted by molar-refractivity contribution is -0.915. The molecule has 1 atom stereocenters. The van der Waals surface area contributed by atoms with Gasteiger partial charge in [0.1, 0.15) is 6.04 Å². The van der Waals surface area contributed by atoms with Crippen molar-refractivity contribution in [1.29, 1.82) is 0 Å². The van der Waals surface area contributed by atoms with Crippen molar-refractivity contribution < 1.29 is 21.5 Å². The summed E-state index contributed by atoms with van der Waals surface area (Å²) >= 11 is 0. The highest BCUT2D eigenvalue weighted by atomic mass is 79.9. The van der Waals surface area contributed by atoms with Gasteiger partial charge in [0.2, 0.25) is 0 Å². The first-order valence-electron chi connectivity index (χ1n) is 5.60. The second kappa shape index (κ2) is 6.87. The Morgan fingerprint density at radius 1 is 1.25 bits per heavy atom. The van der Waals surface area contributed by atoms with E-state index in [0.29, 0.717) is 6.04 Å². The number of hydrogen-bond acceptors (Lipinski definition) is 0. The first-order valence-corrected chi connectivity index (χ1v) is 5.60. The molecule has 1 aromatic rings. The van der Waals surface area contributed by atoms with Crippen LogP contribution >= 0.6 is 0 Å². The summed E-state index contributed by atoms with van der Waals surface area (Å²) in [7, 11) is 4.53. The summed E-state index contributed by atoms with van der Waals surface area (Å²) in [4.78, 5) is 0. The van der Waals surface area contributed by atoms with Gasteiger partial charge >= 0.3 is 0 Å². The fourth-order valence-electron chi connectivity index (χ4n) is 2.27. The van der Waals surface area contributed by atoms with Crippen LogP contribution in [0.3, 0.4) is 0 Å². The maximum absolute atomic E-state index is 3.84. The van der Waals surface area contributed by atoms with E-state index in [9.17, 15) is 0 Å². The Kier molecular flexibility index (Phi) is 6.61. The number of nitrogens with zero attached hydrogens (tertiary/aromatic N) is 1. The van der Waals surface area contributed by atoms with Gasteiger partial charge < -0.3 is 21.5 Å². The molecule has 0 aliphatic heterocycles. The van der Waals surface area contributed by atoms with Crippen LogP contribution in [-0.2, 0) is 0 Å². The third kappa shape index (κ3) is 3.76. The summed E-state index contributed by atoms with van der Waals surface area (Å²) in [5, 5.41) is 0. The maximum atomic E-state index is 3.84. The highest BCUT2D eigenvalue weighted by Gasteiger charge is 2.26. The quantitative estimate of drug-likeness (QED) is 0.542. The molecule has 2 heteroatoms. The van der Waals surface area contributed by atoms with Gasteiger partial charge in [-0.25, -0.2) is 0 Å². The molecule has 1 aromatic carbocycles. The fourth-order valence-corrected chi connectivity index (χ4v) is 2.27. The van der Waals surface area contributed by atoms with E-state index in [1.54, 1.807) is 0 Å². The lowest BCUT2D eigenvalue weighted by Crippen LogP contribution is -3.00. The van der Waals surface area contributed by atoms with E-state index in [2.05, 4.69) is 57.9 Å². The fraction of sp³-hybridized carbons (Fsp3) is 0.429. The van der Waals surface area contributed by atoms with Crippen molar-refractivity contribution >= 4 is 0 Å². The van der Waals surface area contributed by atoms with Gasteiger partial charge in [-0.15, -0.1) is 0 Å². The second-order valence-corrected chi connectivity index (χ2v) is 4.58. The van der Waals surface area contributed by atoms with E-state index >= 15 is 0 Å². The van der Waals surface area contributed by atoms with Crippen LogP contribution in [0.25, 0.3) is 0 Å². The lowest BCUT2D eigenvalue weighted by atomic mass is 10.0. The molecule has 0 aliphatic carbocycles. The van der Waals surface area contributed by atoms with Crippen LogP contribution in [-0.4, -0.2) is 25.1 Å². The van der Waals surface area contributed by atoms with Crippen molar-refractivity contribution in [3.63, 3.8) is 0 Å². The summed E-state index contributed by atoms with van der Waals surface area (Å²) in [5.74, 6) is 0. The zero-order chi connectivity index (χ0) is 11.3. The van der Waals surface area contributed by atoms with Gasteiger partial charge in [0.25, 0.3) is 0 Å². The van der Waals surface area contributed by atoms with Crippen molar-refractivity contribution in [2.75, 3.05) is 20.6 Å². The van der Waals surface area contributed by atoms with Gasteiger partial charge in [0.05, 0.1) is 20.6 Å². The van der Waals surface area contributed by atoms with Crippen molar-refractivity contribution in [3.8, 4) is 0 Å². The molecule has 16 heavy (non-hydrogen) atoms. The molecule has 0 spiro atoms. The van der Waals surface area contributed by atoms with Crippen molar-refractivity contribution in [1.82, 2.24) is 0 Å². The molecule has 0 amide bonds. The minimum absolute atomic E-state index is 0. The van der Waals surface area contributed by atoms with Crippen molar-refractivity contribution in [2.45, 2.75) is 19.4 Å². The monoisotopic (exact) mass is 283 g/mol. The van der Waals surface area contributed by atoms with Gasteiger partial charge in [-0.05, 0) is 6.08 Å². The maximum Gasteiger partial charge on any atom is 0.114 e. The molecule has 0 aromatic heterocycles. The van der Waals surface area contributed by atoms with Crippen molar-refractivity contribution in [2.24, 2.45) is 0 Å². The first-order chi connectivity index (χ1) is 7.11. The number of halogens is 1. The van der Waals surface area contributed by atoms with Gasteiger partial charge in [0, 0.05) is 12.0 Å². The van der Waals surface area contributed by atoms with E-state index in [-0.39, 0.29) is 17.0 Å². The van der Waals surface area contributed by atoms with Crippen molar-refractivity contribution in [3.05, 3.63) is 48.6 Å². The highest BCUT2D eigenvalue weighted by Crippen LogP contribution is 2.27. The number of rotatable bonds is 5. The lowest BCUT2D eigenvalue weighted by Gasteiger charge is -2.37. The topological polar surface area (TPSA) is 0 Å². The average Bonchev–Trinajstić information content (AvgIpc) is 2.19. The van der Waals surface area contributed by atoms with Crippen LogP contribution in [0.2, 0.25) is 0 Å². The van der Waals surface area contributed by atoms with Crippen LogP contribution in [0.5, 0.6) is 0 Å². The minimum atomic E-state index is 0. The molecule has 1 nitrogen and oxygen atoms in total. The average molecular weight is 284 g/mol. The zero-order valence-electron chi connectivity index (χ0n) is 10.5. The van der Waals surface area contributed by atoms with Crippen LogP contribution < -0.4 is 17.0 Å². The molecule has 0 saturated heterocycles. The normalized spacial score (nSPS) is 12.7. The predicted molar refractivity (Wildman–Crippen MR) is 66.6 cm³/mol. The molecule has 90 valence electrons. The molecule has 1 unspecified atom stereocenters. The summed E-state index contributed by atoms with van der Waals surface area (Å²) in [6.07, 6.45) is 3.16. The summed E-state index contributed by atoms with van der Waals surface area (Å²) in [6, 6.07) is 11.3. The molecule has 0 fully saturated rings. The van der Waals surface area contributed by atoms with Crippen LogP contribution in [0.1, 0.15) is 24.9 Å². The van der Waals surface area contributed by atoms with E-state index < -0.39 is 0 Å². The molecule has 0 N–H and O–H groups in total. The third-order valence-corrected chi connectivity index (χ3v) is 3.01. The molecule has 1 rings (SSSR count). The van der Waals surface area contributed by atoms with E-state index in [1.807, 2.05) is 6.08 Å². The van der Waals surface area contributed by atoms with Crippen LogP contribution in [0, 0.1) is 0 Å². The smallest absolute Gasteiger partial charge is 0.114 e. The molecular formula is C14H22BrN. The Labute approximate surface area is 110 Å². The van der Waals surface area contributed by atoms with E-state index in [0.717, 1.165) is 17.4 Å². The highest BCUT2D eigenvalue weighted by molar-refractivity contribution is 5.17. The van der Waals surface area contributed by atoms with E-state index in [1.165, 1.54) is 5.56 Å². The molecule has 0 saturated carbocycles. The molecule has 0 heterocycles. The van der Waals surface area contributed by atoms with Gasteiger partial charge in [-0.3, -0.25) is 0 Å². The SMILES string of the molecule is C=CC[N+](C)(C)C(CC)c1ccccc1.[Br-]. The number of hydrogen-bond donors (Lipinski definition) is 0. The van der Waals surface area contributed by atoms with Crippen LogP contribution in [0.4, 0.5) is 0 Å². The standard InChI is InChI=1S/C14H22N.BrH/c1-5-12-15(3,4)14(6-2)13-10-8-7-9-11-13;/h5,7-11,14H,1,6,12H2,2-4H3;1H/q+1;/p-1. The molecule has 0 bridgehead atoms. The Morgan fingerprint density at radius 3 is 2.25 bits per heavy atom. The number of benzene rings is 1. The number of likely N-dealkylation sites (N-methyl/N-ethyl adjacent to an activating group) is 1. The zero-order valence-corrected chi connectivity index (χ0v) is 12.1. The summed E-state index contributed by atoms with van der Waals surface area (Å²) in [5.41, 5.74) is 1.42. The Bertz CT molecular complexity index is 306. The van der Waals surface area contributed by atoms with Gasteiger partial charge in [0.15, 0.2) is 0 Å². The van der Waals surface area contributed by atoms with Gasteiger partial charge in [-0.2, -0.15) is 0 Å². The van der Waals surface area contributed by atoms with Gasteiger partial charge in [-0.1, -0.05) is 43.8 Å². The largest absolute Gasteiger partial charge is 1.00 e. The van der Waals surface area contributed by atoms with E-state index in [4.69, 9.17) is 0 Å². The Morgan fingerprint density at radius 2 is 1.81 bits per heavy atom. The summed E-state index contributed by atoms with van der Waals surface area (Å²) < 4.78 is 0.976. The predicted octanol–water partition coefficient (Wildman–Crippen LogP) is 0.404. The Balaban J connectivity index is 0.00000225.